The molecular weight excluding hydrogens is 383 g/mol. The molecule has 0 aliphatic heterocycles. The number of aryl methyl sites for hydroxylation is 1. The molecule has 148 valence electrons. The van der Waals surface area contributed by atoms with Crippen LogP contribution < -0.4 is 0 Å². The molecule has 4 nitrogen and oxygen atoms in total. The second kappa shape index (κ2) is 8.27. The zero-order valence-corrected chi connectivity index (χ0v) is 17.5. The molecule has 0 aliphatic rings. The molecule has 1 atom stereocenters. The van der Waals surface area contributed by atoms with E-state index in [2.05, 4.69) is 61.2 Å². The van der Waals surface area contributed by atoms with Gasteiger partial charge < -0.3 is 0 Å². The number of nitrogens with zero attached hydrogens (tertiary/aromatic N) is 4. The first-order chi connectivity index (χ1) is 14.0. The predicted octanol–water partition coefficient (Wildman–Crippen LogP) is 5.64. The molecular formula is C23H23FN4S. The summed E-state index contributed by atoms with van der Waals surface area (Å²) >= 11 is 1.66. The van der Waals surface area contributed by atoms with E-state index in [-0.39, 0.29) is 11.9 Å². The lowest BCUT2D eigenvalue weighted by molar-refractivity contribution is 0.253. The Morgan fingerprint density at radius 1 is 1.10 bits per heavy atom. The van der Waals surface area contributed by atoms with Crippen LogP contribution in [0.2, 0.25) is 0 Å². The SMILES string of the molecule is Cc1ccc(-n2cc(CN(C)C(C)c3nccs3)c(-c3ccc(F)cc3)n2)cc1. The van der Waals surface area contributed by atoms with Gasteiger partial charge in [-0.3, -0.25) is 4.90 Å². The minimum Gasteiger partial charge on any atom is -0.293 e. The van der Waals surface area contributed by atoms with E-state index in [9.17, 15) is 4.39 Å². The van der Waals surface area contributed by atoms with E-state index in [0.29, 0.717) is 6.54 Å². The van der Waals surface area contributed by atoms with E-state index in [1.165, 1.54) is 17.7 Å². The number of halogens is 1. The van der Waals surface area contributed by atoms with Crippen LogP contribution in [0.4, 0.5) is 4.39 Å². The van der Waals surface area contributed by atoms with Gasteiger partial charge in [-0.25, -0.2) is 14.1 Å². The molecule has 0 fully saturated rings. The Labute approximate surface area is 174 Å². The lowest BCUT2D eigenvalue weighted by Crippen LogP contribution is -2.21. The molecule has 0 saturated heterocycles. The van der Waals surface area contributed by atoms with Crippen LogP contribution in [0.25, 0.3) is 16.9 Å². The van der Waals surface area contributed by atoms with Crippen LogP contribution in [-0.2, 0) is 6.54 Å². The van der Waals surface area contributed by atoms with Crippen molar-refractivity contribution in [3.8, 4) is 16.9 Å². The molecule has 0 radical (unpaired) electrons. The van der Waals surface area contributed by atoms with Gasteiger partial charge in [0.1, 0.15) is 10.8 Å². The molecule has 2 aromatic carbocycles. The first-order valence-corrected chi connectivity index (χ1v) is 10.4. The number of rotatable bonds is 6. The second-order valence-electron chi connectivity index (χ2n) is 7.25. The molecule has 0 bridgehead atoms. The van der Waals surface area contributed by atoms with Gasteiger partial charge in [0.2, 0.25) is 0 Å². The Morgan fingerprint density at radius 2 is 1.83 bits per heavy atom. The van der Waals surface area contributed by atoms with Gasteiger partial charge in [-0.05, 0) is 57.3 Å². The van der Waals surface area contributed by atoms with Crippen LogP contribution in [0, 0.1) is 12.7 Å². The molecule has 4 aromatic rings. The summed E-state index contributed by atoms with van der Waals surface area (Å²) in [5, 5.41) is 7.92. The number of benzene rings is 2. The summed E-state index contributed by atoms with van der Waals surface area (Å²) in [6.45, 7) is 4.93. The molecule has 4 rings (SSSR count). The third-order valence-corrected chi connectivity index (χ3v) is 6.04. The van der Waals surface area contributed by atoms with Crippen LogP contribution in [0.1, 0.15) is 29.1 Å². The van der Waals surface area contributed by atoms with Crippen molar-refractivity contribution in [3.05, 3.63) is 88.3 Å². The molecule has 6 heteroatoms. The standard InChI is InChI=1S/C23H23FN4S/c1-16-4-10-21(11-5-16)28-15-19(14-27(3)17(2)23-25-12-13-29-23)22(26-28)18-6-8-20(24)9-7-18/h4-13,15,17H,14H2,1-3H3. The second-order valence-corrected chi connectivity index (χ2v) is 8.18. The van der Waals surface area contributed by atoms with Crippen molar-refractivity contribution in [2.75, 3.05) is 7.05 Å². The predicted molar refractivity (Wildman–Crippen MR) is 116 cm³/mol. The number of hydrogen-bond acceptors (Lipinski definition) is 4. The van der Waals surface area contributed by atoms with E-state index < -0.39 is 0 Å². The zero-order valence-electron chi connectivity index (χ0n) is 16.7. The van der Waals surface area contributed by atoms with Gasteiger partial charge in [-0.1, -0.05) is 17.7 Å². The largest absolute Gasteiger partial charge is 0.293 e. The molecule has 2 heterocycles. The summed E-state index contributed by atoms with van der Waals surface area (Å²) in [5.41, 5.74) is 5.06. The Morgan fingerprint density at radius 3 is 2.48 bits per heavy atom. The highest BCUT2D eigenvalue weighted by atomic mass is 32.1. The number of aromatic nitrogens is 3. The van der Waals surface area contributed by atoms with E-state index >= 15 is 0 Å². The molecule has 29 heavy (non-hydrogen) atoms. The van der Waals surface area contributed by atoms with Crippen molar-refractivity contribution >= 4 is 11.3 Å². The number of thiazole rings is 1. The third kappa shape index (κ3) is 4.28. The van der Waals surface area contributed by atoms with Gasteiger partial charge in [0.05, 0.1) is 17.4 Å². The third-order valence-electron chi connectivity index (χ3n) is 5.10. The maximum Gasteiger partial charge on any atom is 0.123 e. The average Bonchev–Trinajstić information content (AvgIpc) is 3.39. The normalized spacial score (nSPS) is 12.4. The molecule has 0 saturated carbocycles. The highest BCUT2D eigenvalue weighted by Crippen LogP contribution is 2.28. The van der Waals surface area contributed by atoms with Gasteiger partial charge in [0.15, 0.2) is 0 Å². The lowest BCUT2D eigenvalue weighted by atomic mass is 10.1. The molecule has 1 unspecified atom stereocenters. The van der Waals surface area contributed by atoms with Gasteiger partial charge >= 0.3 is 0 Å². The summed E-state index contributed by atoms with van der Waals surface area (Å²) in [5.74, 6) is -0.247. The quantitative estimate of drug-likeness (QED) is 0.416. The van der Waals surface area contributed by atoms with E-state index in [1.807, 2.05) is 16.3 Å². The van der Waals surface area contributed by atoms with Crippen molar-refractivity contribution in [3.63, 3.8) is 0 Å². The maximum atomic E-state index is 13.4. The lowest BCUT2D eigenvalue weighted by Gasteiger charge is -2.22. The fraction of sp³-hybridized carbons (Fsp3) is 0.217. The maximum absolute atomic E-state index is 13.4. The first kappa shape index (κ1) is 19.5. The highest BCUT2D eigenvalue weighted by molar-refractivity contribution is 7.09. The zero-order chi connectivity index (χ0) is 20.4. The summed E-state index contributed by atoms with van der Waals surface area (Å²) in [6, 6.07) is 15.0. The first-order valence-electron chi connectivity index (χ1n) is 9.52. The fourth-order valence-corrected chi connectivity index (χ4v) is 4.00. The Hall–Kier alpha value is -2.83. The Kier molecular flexibility index (Phi) is 5.56. The van der Waals surface area contributed by atoms with Gasteiger partial charge in [0.25, 0.3) is 0 Å². The van der Waals surface area contributed by atoms with Crippen LogP contribution in [0.5, 0.6) is 0 Å². The summed E-state index contributed by atoms with van der Waals surface area (Å²) < 4.78 is 15.3. The van der Waals surface area contributed by atoms with Crippen molar-refractivity contribution in [2.24, 2.45) is 0 Å². The van der Waals surface area contributed by atoms with Crippen LogP contribution >= 0.6 is 11.3 Å². The van der Waals surface area contributed by atoms with Crippen LogP contribution in [0.3, 0.4) is 0 Å². The van der Waals surface area contributed by atoms with Crippen molar-refractivity contribution in [1.29, 1.82) is 0 Å². The molecule has 0 N–H and O–H groups in total. The van der Waals surface area contributed by atoms with E-state index in [4.69, 9.17) is 5.10 Å². The molecule has 2 aromatic heterocycles. The Balaban J connectivity index is 1.70. The van der Waals surface area contributed by atoms with Crippen molar-refractivity contribution < 1.29 is 4.39 Å². The highest BCUT2D eigenvalue weighted by Gasteiger charge is 2.19. The Bertz CT molecular complexity index is 1070. The molecule has 0 amide bonds. The average molecular weight is 407 g/mol. The fourth-order valence-electron chi connectivity index (χ4n) is 3.24. The number of hydrogen-bond donors (Lipinski definition) is 0. The monoisotopic (exact) mass is 406 g/mol. The summed E-state index contributed by atoms with van der Waals surface area (Å²) in [7, 11) is 2.09. The minimum absolute atomic E-state index is 0.193. The van der Waals surface area contributed by atoms with Gasteiger partial charge in [-0.15, -0.1) is 11.3 Å². The van der Waals surface area contributed by atoms with E-state index in [0.717, 1.165) is 27.5 Å². The smallest absolute Gasteiger partial charge is 0.123 e. The topological polar surface area (TPSA) is 34.0 Å². The molecule has 0 spiro atoms. The van der Waals surface area contributed by atoms with Gasteiger partial charge in [-0.2, -0.15) is 5.10 Å². The summed E-state index contributed by atoms with van der Waals surface area (Å²) in [6.07, 6.45) is 3.90. The van der Waals surface area contributed by atoms with Gasteiger partial charge in [0, 0.05) is 35.4 Å². The molecule has 0 aliphatic carbocycles. The van der Waals surface area contributed by atoms with Crippen molar-refractivity contribution in [2.45, 2.75) is 26.4 Å². The minimum atomic E-state index is -0.247. The van der Waals surface area contributed by atoms with Crippen LogP contribution in [0.15, 0.2) is 66.3 Å². The van der Waals surface area contributed by atoms with Crippen molar-refractivity contribution in [1.82, 2.24) is 19.7 Å². The summed E-state index contributed by atoms with van der Waals surface area (Å²) in [4.78, 5) is 6.70. The van der Waals surface area contributed by atoms with Crippen LogP contribution in [-0.4, -0.2) is 26.7 Å². The van der Waals surface area contributed by atoms with E-state index in [1.54, 1.807) is 23.5 Å².